The second-order valence-corrected chi connectivity index (χ2v) is 6.73. The van der Waals surface area contributed by atoms with E-state index in [0.717, 1.165) is 41.0 Å². The zero-order valence-corrected chi connectivity index (χ0v) is 14.4. The standard InChI is InChI=1S/C18H20N2O3S/c1-23-16-8-3-2-5-12(16)9-10-19-18(21)14-11-24-17-13(14)6-4-7-15(17)20-22/h2-3,5,8,11,15H,4,6-7,9-10H2,1H3,(H,19,21). The molecule has 1 atom stereocenters. The van der Waals surface area contributed by atoms with Gasteiger partial charge in [-0.15, -0.1) is 11.3 Å². The number of carbonyl (C=O) groups excluding carboxylic acids is 1. The molecule has 1 aromatic carbocycles. The van der Waals surface area contributed by atoms with Gasteiger partial charge in [-0.25, -0.2) is 0 Å². The molecule has 1 aromatic heterocycles. The number of carbonyl (C=O) groups is 1. The highest BCUT2D eigenvalue weighted by Crippen LogP contribution is 2.38. The summed E-state index contributed by atoms with van der Waals surface area (Å²) in [7, 11) is 1.65. The van der Waals surface area contributed by atoms with E-state index in [9.17, 15) is 9.70 Å². The van der Waals surface area contributed by atoms with Gasteiger partial charge in [0.25, 0.3) is 5.91 Å². The lowest BCUT2D eigenvalue weighted by Crippen LogP contribution is -2.26. The van der Waals surface area contributed by atoms with Crippen molar-refractivity contribution >= 4 is 17.2 Å². The smallest absolute Gasteiger partial charge is 0.252 e. The van der Waals surface area contributed by atoms with Gasteiger partial charge in [0.05, 0.1) is 12.7 Å². The van der Waals surface area contributed by atoms with E-state index in [0.29, 0.717) is 18.5 Å². The van der Waals surface area contributed by atoms with Crippen molar-refractivity contribution in [2.45, 2.75) is 31.7 Å². The molecule has 3 rings (SSSR count). The van der Waals surface area contributed by atoms with Crippen molar-refractivity contribution in [3.05, 3.63) is 56.1 Å². The Labute approximate surface area is 145 Å². The Morgan fingerprint density at radius 2 is 2.25 bits per heavy atom. The third-order valence-electron chi connectivity index (χ3n) is 4.38. The monoisotopic (exact) mass is 344 g/mol. The maximum absolute atomic E-state index is 12.5. The summed E-state index contributed by atoms with van der Waals surface area (Å²) in [4.78, 5) is 24.4. The molecule has 0 aliphatic heterocycles. The van der Waals surface area contributed by atoms with Gasteiger partial charge in [-0.05, 0) is 42.9 Å². The van der Waals surface area contributed by atoms with Crippen LogP contribution >= 0.6 is 11.3 Å². The van der Waals surface area contributed by atoms with Crippen LogP contribution in [0, 0.1) is 4.91 Å². The summed E-state index contributed by atoms with van der Waals surface area (Å²) in [6.07, 6.45) is 3.24. The molecule has 1 aliphatic carbocycles. The normalized spacial score (nSPS) is 16.3. The summed E-state index contributed by atoms with van der Waals surface area (Å²) in [5.41, 5.74) is 2.77. The van der Waals surface area contributed by atoms with E-state index < -0.39 is 0 Å². The van der Waals surface area contributed by atoms with Crippen molar-refractivity contribution in [1.29, 1.82) is 0 Å². The van der Waals surface area contributed by atoms with Gasteiger partial charge in [0, 0.05) is 16.8 Å². The minimum atomic E-state index is -0.283. The fourth-order valence-corrected chi connectivity index (χ4v) is 4.31. The quantitative estimate of drug-likeness (QED) is 0.809. The second-order valence-electron chi connectivity index (χ2n) is 5.82. The van der Waals surface area contributed by atoms with E-state index >= 15 is 0 Å². The van der Waals surface area contributed by atoms with Gasteiger partial charge < -0.3 is 10.1 Å². The summed E-state index contributed by atoms with van der Waals surface area (Å²) in [6.45, 7) is 0.541. The molecule has 0 radical (unpaired) electrons. The molecule has 126 valence electrons. The van der Waals surface area contributed by atoms with E-state index in [4.69, 9.17) is 4.74 Å². The van der Waals surface area contributed by atoms with Crippen LogP contribution in [-0.4, -0.2) is 19.6 Å². The minimum absolute atomic E-state index is 0.0750. The number of amides is 1. The lowest BCUT2D eigenvalue weighted by atomic mass is 9.92. The van der Waals surface area contributed by atoms with Crippen molar-refractivity contribution in [3.8, 4) is 5.75 Å². The van der Waals surface area contributed by atoms with Crippen molar-refractivity contribution < 1.29 is 9.53 Å². The molecule has 0 fully saturated rings. The molecular weight excluding hydrogens is 324 g/mol. The first-order valence-electron chi connectivity index (χ1n) is 8.07. The van der Waals surface area contributed by atoms with E-state index in [1.54, 1.807) is 7.11 Å². The second kappa shape index (κ2) is 7.57. The highest BCUT2D eigenvalue weighted by atomic mass is 32.1. The zero-order valence-electron chi connectivity index (χ0n) is 13.6. The third-order valence-corrected chi connectivity index (χ3v) is 5.50. The number of ether oxygens (including phenoxy) is 1. The SMILES string of the molecule is COc1ccccc1CCNC(=O)c1csc2c1CCCC2N=O. The molecule has 0 saturated heterocycles. The van der Waals surface area contributed by atoms with Crippen LogP contribution in [0.25, 0.3) is 0 Å². The van der Waals surface area contributed by atoms with Crippen LogP contribution in [0.2, 0.25) is 0 Å². The van der Waals surface area contributed by atoms with Gasteiger partial charge in [-0.2, -0.15) is 4.91 Å². The van der Waals surface area contributed by atoms with E-state index in [2.05, 4.69) is 10.5 Å². The van der Waals surface area contributed by atoms with Crippen molar-refractivity contribution in [2.24, 2.45) is 5.18 Å². The number of thiophene rings is 1. The molecule has 1 unspecified atom stereocenters. The maximum atomic E-state index is 12.5. The molecule has 5 nitrogen and oxygen atoms in total. The number of nitroso groups, excluding NO2 is 1. The van der Waals surface area contributed by atoms with Crippen molar-refractivity contribution in [1.82, 2.24) is 5.32 Å². The number of fused-ring (bicyclic) bond motifs is 1. The number of nitrogens with zero attached hydrogens (tertiary/aromatic N) is 1. The van der Waals surface area contributed by atoms with Crippen molar-refractivity contribution in [2.75, 3.05) is 13.7 Å². The number of nitrogens with one attached hydrogen (secondary N) is 1. The van der Waals surface area contributed by atoms with Crippen LogP contribution in [0.4, 0.5) is 0 Å². The molecule has 6 heteroatoms. The summed E-state index contributed by atoms with van der Waals surface area (Å²) >= 11 is 1.47. The fourth-order valence-electron chi connectivity index (χ4n) is 3.14. The Balaban J connectivity index is 1.64. The summed E-state index contributed by atoms with van der Waals surface area (Å²) in [6, 6.07) is 7.52. The molecular formula is C18H20N2O3S. The number of rotatable bonds is 6. The van der Waals surface area contributed by atoms with Crippen LogP contribution in [0.3, 0.4) is 0 Å². The number of para-hydroxylation sites is 1. The predicted molar refractivity (Wildman–Crippen MR) is 94.8 cm³/mol. The zero-order chi connectivity index (χ0) is 16.9. The molecule has 0 spiro atoms. The molecule has 2 aromatic rings. The number of hydrogen-bond donors (Lipinski definition) is 1. The van der Waals surface area contributed by atoms with Gasteiger partial charge in [0.15, 0.2) is 0 Å². The Morgan fingerprint density at radius 1 is 1.42 bits per heavy atom. The Kier molecular flexibility index (Phi) is 5.25. The van der Waals surface area contributed by atoms with Crippen molar-refractivity contribution in [3.63, 3.8) is 0 Å². The summed E-state index contributed by atoms with van der Waals surface area (Å²) < 4.78 is 5.32. The lowest BCUT2D eigenvalue weighted by Gasteiger charge is -2.17. The Hall–Kier alpha value is -2.21. The van der Waals surface area contributed by atoms with Crippen LogP contribution in [0.15, 0.2) is 34.8 Å². The predicted octanol–water partition coefficient (Wildman–Crippen LogP) is 3.87. The number of hydrogen-bond acceptors (Lipinski definition) is 5. The number of methoxy groups -OCH3 is 1. The maximum Gasteiger partial charge on any atom is 0.252 e. The highest BCUT2D eigenvalue weighted by Gasteiger charge is 2.27. The lowest BCUT2D eigenvalue weighted by molar-refractivity contribution is 0.0953. The van der Waals surface area contributed by atoms with Crippen LogP contribution in [0.1, 0.15) is 45.2 Å². The first kappa shape index (κ1) is 16.6. The molecule has 0 saturated carbocycles. The molecule has 1 N–H and O–H groups in total. The first-order valence-corrected chi connectivity index (χ1v) is 8.95. The topological polar surface area (TPSA) is 67.8 Å². The fraction of sp³-hybridized carbons (Fsp3) is 0.389. The highest BCUT2D eigenvalue weighted by molar-refractivity contribution is 7.10. The van der Waals surface area contributed by atoms with Crippen LogP contribution in [-0.2, 0) is 12.8 Å². The molecule has 1 heterocycles. The summed E-state index contributed by atoms with van der Waals surface area (Å²) in [5.74, 6) is 0.758. The Morgan fingerprint density at radius 3 is 3.04 bits per heavy atom. The largest absolute Gasteiger partial charge is 0.496 e. The van der Waals surface area contributed by atoms with Gasteiger partial charge in [0.2, 0.25) is 0 Å². The molecule has 24 heavy (non-hydrogen) atoms. The average Bonchev–Trinajstić information content (AvgIpc) is 3.06. The summed E-state index contributed by atoms with van der Waals surface area (Å²) in [5, 5.41) is 8.02. The van der Waals surface area contributed by atoms with Gasteiger partial charge >= 0.3 is 0 Å². The molecule has 1 aliphatic rings. The van der Waals surface area contributed by atoms with E-state index in [1.165, 1.54) is 11.3 Å². The van der Waals surface area contributed by atoms with Crippen LogP contribution < -0.4 is 10.1 Å². The number of benzene rings is 1. The first-order chi connectivity index (χ1) is 11.7. The van der Waals surface area contributed by atoms with Gasteiger partial charge in [0.1, 0.15) is 11.8 Å². The Bertz CT molecular complexity index is 742. The average molecular weight is 344 g/mol. The minimum Gasteiger partial charge on any atom is -0.496 e. The van der Waals surface area contributed by atoms with E-state index in [1.807, 2.05) is 29.6 Å². The molecule has 0 bridgehead atoms. The van der Waals surface area contributed by atoms with Gasteiger partial charge in [-0.1, -0.05) is 23.4 Å². The van der Waals surface area contributed by atoms with Crippen LogP contribution in [0.5, 0.6) is 5.75 Å². The molecule has 1 amide bonds. The van der Waals surface area contributed by atoms with E-state index in [-0.39, 0.29) is 11.9 Å². The van der Waals surface area contributed by atoms with Gasteiger partial charge in [-0.3, -0.25) is 4.79 Å². The third kappa shape index (κ3) is 3.33.